The molecule has 0 bridgehead atoms. The highest BCUT2D eigenvalue weighted by atomic mass is 16.1. The Balaban J connectivity index is 2.57. The van der Waals surface area contributed by atoms with Gasteiger partial charge in [-0.05, 0) is 59.5 Å². The lowest BCUT2D eigenvalue weighted by molar-refractivity contribution is -0.116. The number of rotatable bonds is 2. The average Bonchev–Trinajstić information content (AvgIpc) is 2.67. The van der Waals surface area contributed by atoms with E-state index in [-0.39, 0.29) is 17.5 Å². The summed E-state index contributed by atoms with van der Waals surface area (Å²) in [5.41, 5.74) is -0.190. The summed E-state index contributed by atoms with van der Waals surface area (Å²) in [4.78, 5) is 13.7. The second-order valence-corrected chi connectivity index (χ2v) is 5.13. The smallest absolute Gasteiger partial charge is 0.296 e. The number of carbonyl (C=O) groups is 1. The number of likely N-dealkylation sites (tertiary alicyclic amines) is 1. The third-order valence-corrected chi connectivity index (χ3v) is 2.80. The summed E-state index contributed by atoms with van der Waals surface area (Å²) in [6, 6.07) is 0.150. The van der Waals surface area contributed by atoms with E-state index in [0.29, 0.717) is 0 Å². The summed E-state index contributed by atoms with van der Waals surface area (Å²) >= 11 is 0. The highest BCUT2D eigenvalue weighted by molar-refractivity contribution is 5.93. The van der Waals surface area contributed by atoms with Gasteiger partial charge in [-0.2, -0.15) is 0 Å². The fraction of sp³-hybridized carbons (Fsp3) is 0.769. The first-order chi connectivity index (χ1) is 7.42. The van der Waals surface area contributed by atoms with Gasteiger partial charge in [-0.1, -0.05) is 5.92 Å². The van der Waals surface area contributed by atoms with Crippen LogP contribution in [0.2, 0.25) is 0 Å². The molecular weight excluding hydrogens is 200 g/mol. The van der Waals surface area contributed by atoms with Crippen LogP contribution in [0, 0.1) is 11.8 Å². The van der Waals surface area contributed by atoms with Crippen molar-refractivity contribution in [3.63, 3.8) is 0 Å². The molecule has 3 nitrogen and oxygen atoms in total. The summed E-state index contributed by atoms with van der Waals surface area (Å²) in [6.07, 6.45) is 2.48. The fourth-order valence-corrected chi connectivity index (χ4v) is 1.86. The van der Waals surface area contributed by atoms with Crippen molar-refractivity contribution in [2.45, 2.75) is 52.1 Å². The third-order valence-electron chi connectivity index (χ3n) is 2.80. The first-order valence-electron chi connectivity index (χ1n) is 6.00. The van der Waals surface area contributed by atoms with Gasteiger partial charge in [0.25, 0.3) is 5.91 Å². The Bertz CT molecular complexity index is 304. The molecule has 0 unspecified atom stereocenters. The maximum Gasteiger partial charge on any atom is 0.296 e. The van der Waals surface area contributed by atoms with Gasteiger partial charge in [0.05, 0.1) is 5.54 Å². The van der Waals surface area contributed by atoms with Crippen molar-refractivity contribution >= 4 is 5.91 Å². The molecule has 1 N–H and O–H groups in total. The van der Waals surface area contributed by atoms with E-state index >= 15 is 0 Å². The van der Waals surface area contributed by atoms with Gasteiger partial charge in [0.1, 0.15) is 0 Å². The van der Waals surface area contributed by atoms with Crippen LogP contribution in [0.5, 0.6) is 0 Å². The molecule has 0 spiro atoms. The zero-order valence-corrected chi connectivity index (χ0v) is 10.8. The average molecular weight is 222 g/mol. The summed E-state index contributed by atoms with van der Waals surface area (Å²) in [5, 5.41) is 2.77. The summed E-state index contributed by atoms with van der Waals surface area (Å²) < 4.78 is 0. The van der Waals surface area contributed by atoms with Gasteiger partial charge < -0.3 is 5.32 Å². The van der Waals surface area contributed by atoms with Gasteiger partial charge in [-0.15, -0.1) is 0 Å². The van der Waals surface area contributed by atoms with Crippen molar-refractivity contribution < 1.29 is 4.79 Å². The zero-order valence-electron chi connectivity index (χ0n) is 10.8. The SMILES string of the molecule is CC(C)NC(=O)C#CC(C)(C)N1CCCC1. The molecule has 1 amide bonds. The van der Waals surface area contributed by atoms with Crippen LogP contribution in [0.25, 0.3) is 0 Å². The topological polar surface area (TPSA) is 32.3 Å². The van der Waals surface area contributed by atoms with Crippen LogP contribution in [-0.2, 0) is 4.79 Å². The Morgan fingerprint density at radius 2 is 1.88 bits per heavy atom. The van der Waals surface area contributed by atoms with E-state index < -0.39 is 0 Å². The summed E-state index contributed by atoms with van der Waals surface area (Å²) in [7, 11) is 0. The molecular formula is C13H22N2O. The molecule has 0 aromatic carbocycles. The lowest BCUT2D eigenvalue weighted by atomic mass is 10.0. The van der Waals surface area contributed by atoms with Crippen LogP contribution in [0.4, 0.5) is 0 Å². The molecule has 16 heavy (non-hydrogen) atoms. The normalized spacial score (nSPS) is 17.1. The predicted molar refractivity (Wildman–Crippen MR) is 65.9 cm³/mol. The van der Waals surface area contributed by atoms with Crippen LogP contribution >= 0.6 is 0 Å². The number of carbonyl (C=O) groups excluding carboxylic acids is 1. The number of nitrogens with one attached hydrogen (secondary N) is 1. The molecule has 1 rings (SSSR count). The van der Waals surface area contributed by atoms with Gasteiger partial charge in [0, 0.05) is 6.04 Å². The van der Waals surface area contributed by atoms with Crippen LogP contribution in [0.1, 0.15) is 40.5 Å². The predicted octanol–water partition coefficient (Wildman–Crippen LogP) is 1.39. The van der Waals surface area contributed by atoms with Crippen molar-refractivity contribution in [2.24, 2.45) is 0 Å². The summed E-state index contributed by atoms with van der Waals surface area (Å²) in [5.74, 6) is 5.58. The van der Waals surface area contributed by atoms with Crippen LogP contribution in [0.3, 0.4) is 0 Å². The highest BCUT2D eigenvalue weighted by Crippen LogP contribution is 2.19. The van der Waals surface area contributed by atoms with Gasteiger partial charge in [-0.3, -0.25) is 9.69 Å². The number of hydrogen-bond acceptors (Lipinski definition) is 2. The molecule has 1 heterocycles. The maximum absolute atomic E-state index is 11.4. The van der Waals surface area contributed by atoms with E-state index in [9.17, 15) is 4.79 Å². The Kier molecular flexibility index (Phi) is 4.37. The van der Waals surface area contributed by atoms with E-state index in [2.05, 4.69) is 35.9 Å². The fourth-order valence-electron chi connectivity index (χ4n) is 1.86. The van der Waals surface area contributed by atoms with Crippen LogP contribution < -0.4 is 5.32 Å². The van der Waals surface area contributed by atoms with E-state index in [0.717, 1.165) is 13.1 Å². The van der Waals surface area contributed by atoms with Crippen molar-refractivity contribution in [3.8, 4) is 11.8 Å². The number of nitrogens with zero attached hydrogens (tertiary/aromatic N) is 1. The summed E-state index contributed by atoms with van der Waals surface area (Å²) in [6.45, 7) is 10.2. The Morgan fingerprint density at radius 1 is 1.31 bits per heavy atom. The van der Waals surface area contributed by atoms with Gasteiger partial charge >= 0.3 is 0 Å². The van der Waals surface area contributed by atoms with Crippen molar-refractivity contribution in [1.82, 2.24) is 10.2 Å². The minimum atomic E-state index is -0.190. The first kappa shape index (κ1) is 13.1. The van der Waals surface area contributed by atoms with E-state index in [1.54, 1.807) is 0 Å². The molecule has 0 aromatic heterocycles. The standard InChI is InChI=1S/C13H22N2O/c1-11(2)14-12(16)7-8-13(3,4)15-9-5-6-10-15/h11H,5-6,9-10H2,1-4H3,(H,14,16). The molecule has 90 valence electrons. The second kappa shape index (κ2) is 5.36. The largest absolute Gasteiger partial charge is 0.343 e. The minimum Gasteiger partial charge on any atom is -0.343 e. The van der Waals surface area contributed by atoms with Gasteiger partial charge in [-0.25, -0.2) is 0 Å². The van der Waals surface area contributed by atoms with Crippen molar-refractivity contribution in [2.75, 3.05) is 13.1 Å². The van der Waals surface area contributed by atoms with E-state index in [1.165, 1.54) is 12.8 Å². The quantitative estimate of drug-likeness (QED) is 0.716. The van der Waals surface area contributed by atoms with Crippen molar-refractivity contribution in [1.29, 1.82) is 0 Å². The molecule has 0 atom stereocenters. The van der Waals surface area contributed by atoms with Gasteiger partial charge in [0.2, 0.25) is 0 Å². The first-order valence-corrected chi connectivity index (χ1v) is 6.00. The van der Waals surface area contributed by atoms with Crippen molar-refractivity contribution in [3.05, 3.63) is 0 Å². The van der Waals surface area contributed by atoms with Gasteiger partial charge in [0.15, 0.2) is 0 Å². The van der Waals surface area contributed by atoms with E-state index in [4.69, 9.17) is 0 Å². The zero-order chi connectivity index (χ0) is 12.2. The second-order valence-electron chi connectivity index (χ2n) is 5.13. The molecule has 1 saturated heterocycles. The molecule has 0 aromatic rings. The van der Waals surface area contributed by atoms with E-state index in [1.807, 2.05) is 13.8 Å². The molecule has 1 aliphatic rings. The highest BCUT2D eigenvalue weighted by Gasteiger charge is 2.26. The molecule has 1 fully saturated rings. The maximum atomic E-state index is 11.4. The third kappa shape index (κ3) is 3.86. The molecule has 0 saturated carbocycles. The lowest BCUT2D eigenvalue weighted by Crippen LogP contribution is -2.41. The number of hydrogen-bond donors (Lipinski definition) is 1. The molecule has 3 heteroatoms. The molecule has 0 radical (unpaired) electrons. The van der Waals surface area contributed by atoms with Crippen LogP contribution in [0.15, 0.2) is 0 Å². The lowest BCUT2D eigenvalue weighted by Gasteiger charge is -2.30. The minimum absolute atomic E-state index is 0.150. The Morgan fingerprint density at radius 3 is 2.38 bits per heavy atom. The molecule has 1 aliphatic heterocycles. The van der Waals surface area contributed by atoms with Crippen LogP contribution in [-0.4, -0.2) is 35.5 Å². The Hall–Kier alpha value is -1.01. The molecule has 0 aliphatic carbocycles. The number of amides is 1. The monoisotopic (exact) mass is 222 g/mol. The Labute approximate surface area is 98.6 Å².